The Labute approximate surface area is 178 Å². The summed E-state index contributed by atoms with van der Waals surface area (Å²) in [5, 5.41) is 12.2. The highest BCUT2D eigenvalue weighted by molar-refractivity contribution is 6.75. The van der Waals surface area contributed by atoms with E-state index >= 15 is 0 Å². The molecular formula is C23H50O3Si2. The largest absolute Gasteiger partial charge is 0.388 e. The second-order valence-electron chi connectivity index (χ2n) is 11.5. The predicted molar refractivity (Wildman–Crippen MR) is 129 cm³/mol. The molecule has 28 heavy (non-hydrogen) atoms. The van der Waals surface area contributed by atoms with Crippen LogP contribution in [0, 0.1) is 5.92 Å². The normalized spacial score (nSPS) is 17.9. The molecule has 0 aromatic rings. The maximum atomic E-state index is 12.1. The van der Waals surface area contributed by atoms with Crippen molar-refractivity contribution in [3.8, 4) is 0 Å². The molecule has 0 aliphatic rings. The van der Waals surface area contributed by atoms with Crippen molar-refractivity contribution < 1.29 is 14.0 Å². The zero-order valence-electron chi connectivity index (χ0n) is 21.2. The molecule has 2 atom stereocenters. The first-order valence-corrected chi connectivity index (χ1v) is 16.8. The van der Waals surface area contributed by atoms with Gasteiger partial charge in [-0.05, 0) is 61.4 Å². The van der Waals surface area contributed by atoms with Crippen LogP contribution in [0.3, 0.4) is 0 Å². The summed E-state index contributed by atoms with van der Waals surface area (Å²) in [6, 6.07) is 0. The van der Waals surface area contributed by atoms with Crippen molar-refractivity contribution in [3.63, 3.8) is 0 Å². The van der Waals surface area contributed by atoms with Crippen molar-refractivity contribution in [2.45, 2.75) is 129 Å². The Morgan fingerprint density at radius 2 is 1.21 bits per heavy atom. The molecule has 0 aliphatic carbocycles. The Kier molecular flexibility index (Phi) is 9.06. The summed E-state index contributed by atoms with van der Waals surface area (Å²) in [7, 11) is -4.41. The standard InChI is InChI=1S/C23H50O3Si2/c1-15-18-19(4)22(24,16-2)23(17-3,25-27(11,12)20(5,6)7)26-28(13,14)21(8,9)10/h15,19,24H,1,16-18H2,2-14H3/t19-,22-/m0/s1. The molecule has 0 saturated heterocycles. The summed E-state index contributed by atoms with van der Waals surface area (Å²) in [5.41, 5.74) is -1.08. The zero-order chi connectivity index (χ0) is 22.8. The van der Waals surface area contributed by atoms with Crippen LogP contribution in [0.5, 0.6) is 0 Å². The summed E-state index contributed by atoms with van der Waals surface area (Å²) in [5.74, 6) is -1.03. The van der Waals surface area contributed by atoms with E-state index in [1.807, 2.05) is 13.0 Å². The number of aliphatic hydroxyl groups is 1. The van der Waals surface area contributed by atoms with E-state index in [2.05, 4.69) is 88.2 Å². The molecule has 3 nitrogen and oxygen atoms in total. The minimum Gasteiger partial charge on any atom is -0.388 e. The molecule has 0 bridgehead atoms. The van der Waals surface area contributed by atoms with E-state index in [1.165, 1.54) is 0 Å². The SMILES string of the molecule is C=CC[C@H](C)[C@@](O)(CC)C(CC)(O[Si](C)(C)C(C)(C)C)O[Si](C)(C)C(C)(C)C. The van der Waals surface area contributed by atoms with Crippen molar-refractivity contribution in [1.29, 1.82) is 0 Å². The van der Waals surface area contributed by atoms with Gasteiger partial charge in [-0.2, -0.15) is 0 Å². The highest BCUT2D eigenvalue weighted by Gasteiger charge is 2.60. The van der Waals surface area contributed by atoms with Crippen LogP contribution in [0.25, 0.3) is 0 Å². The second-order valence-corrected chi connectivity index (χ2v) is 21.0. The third-order valence-electron chi connectivity index (χ3n) is 7.45. The van der Waals surface area contributed by atoms with Crippen LogP contribution in [0.4, 0.5) is 0 Å². The monoisotopic (exact) mass is 430 g/mol. The van der Waals surface area contributed by atoms with Gasteiger partial charge < -0.3 is 14.0 Å². The third-order valence-corrected chi connectivity index (χ3v) is 16.4. The smallest absolute Gasteiger partial charge is 0.195 e. The highest BCUT2D eigenvalue weighted by atomic mass is 28.4. The maximum absolute atomic E-state index is 12.1. The average Bonchev–Trinajstić information content (AvgIpc) is 2.50. The first kappa shape index (κ1) is 28.1. The third kappa shape index (κ3) is 5.60. The lowest BCUT2D eigenvalue weighted by Gasteiger charge is -2.57. The highest BCUT2D eigenvalue weighted by Crippen LogP contribution is 2.51. The fraction of sp³-hybridized carbons (Fsp3) is 0.913. The molecule has 0 radical (unpaired) electrons. The molecule has 0 unspecified atom stereocenters. The minimum absolute atomic E-state index is 0.00973. The molecule has 0 amide bonds. The van der Waals surface area contributed by atoms with E-state index < -0.39 is 28.0 Å². The van der Waals surface area contributed by atoms with Crippen molar-refractivity contribution in [1.82, 2.24) is 0 Å². The molecule has 5 heteroatoms. The van der Waals surface area contributed by atoms with Gasteiger partial charge in [0.1, 0.15) is 5.60 Å². The lowest BCUT2D eigenvalue weighted by atomic mass is 9.76. The molecular weight excluding hydrogens is 380 g/mol. The maximum Gasteiger partial charge on any atom is 0.195 e. The number of rotatable bonds is 10. The summed E-state index contributed by atoms with van der Waals surface area (Å²) in [4.78, 5) is 0. The van der Waals surface area contributed by atoms with Crippen molar-refractivity contribution in [2.24, 2.45) is 5.92 Å². The average molecular weight is 431 g/mol. The second kappa shape index (κ2) is 9.05. The Morgan fingerprint density at radius 3 is 1.43 bits per heavy atom. The van der Waals surface area contributed by atoms with Crippen LogP contribution in [-0.2, 0) is 8.85 Å². The molecule has 0 saturated carbocycles. The van der Waals surface area contributed by atoms with Gasteiger partial charge in [-0.25, -0.2) is 0 Å². The molecule has 0 aliphatic heterocycles. The summed E-state index contributed by atoms with van der Waals surface area (Å²) >= 11 is 0. The molecule has 0 rings (SSSR count). The number of hydrogen-bond donors (Lipinski definition) is 1. The lowest BCUT2D eigenvalue weighted by molar-refractivity contribution is -0.273. The van der Waals surface area contributed by atoms with E-state index in [1.54, 1.807) is 0 Å². The molecule has 0 aromatic carbocycles. The number of allylic oxidation sites excluding steroid dienone is 1. The van der Waals surface area contributed by atoms with Crippen molar-refractivity contribution in [2.75, 3.05) is 0 Å². The van der Waals surface area contributed by atoms with E-state index in [9.17, 15) is 5.11 Å². The van der Waals surface area contributed by atoms with Gasteiger partial charge in [0.05, 0.1) is 0 Å². The van der Waals surface area contributed by atoms with Crippen LogP contribution in [0.15, 0.2) is 12.7 Å². The lowest BCUT2D eigenvalue weighted by Crippen LogP contribution is -2.68. The van der Waals surface area contributed by atoms with Gasteiger partial charge in [-0.3, -0.25) is 0 Å². The molecule has 0 spiro atoms. The van der Waals surface area contributed by atoms with Crippen molar-refractivity contribution >= 4 is 16.6 Å². The molecule has 168 valence electrons. The Morgan fingerprint density at radius 1 is 0.857 bits per heavy atom. The summed E-state index contributed by atoms with van der Waals surface area (Å²) < 4.78 is 14.1. The Bertz CT molecular complexity index is 487. The van der Waals surface area contributed by atoms with Crippen LogP contribution < -0.4 is 0 Å². The molecule has 0 heterocycles. The van der Waals surface area contributed by atoms with E-state index in [-0.39, 0.29) is 16.0 Å². The van der Waals surface area contributed by atoms with Crippen LogP contribution in [0.2, 0.25) is 36.3 Å². The molecule has 0 fully saturated rings. The topological polar surface area (TPSA) is 38.7 Å². The van der Waals surface area contributed by atoms with Crippen LogP contribution >= 0.6 is 0 Å². The van der Waals surface area contributed by atoms with Gasteiger partial charge in [-0.1, -0.05) is 68.4 Å². The zero-order valence-corrected chi connectivity index (χ0v) is 23.2. The van der Waals surface area contributed by atoms with Gasteiger partial charge >= 0.3 is 0 Å². The van der Waals surface area contributed by atoms with E-state index in [0.717, 1.165) is 6.42 Å². The molecule has 1 N–H and O–H groups in total. The first-order chi connectivity index (χ1) is 12.3. The summed E-state index contributed by atoms with van der Waals surface area (Å²) in [6.07, 6.45) is 3.83. The van der Waals surface area contributed by atoms with Gasteiger partial charge in [0, 0.05) is 0 Å². The predicted octanol–water partition coefficient (Wildman–Crippen LogP) is 7.49. The van der Waals surface area contributed by atoms with Crippen LogP contribution in [-0.4, -0.2) is 33.1 Å². The summed E-state index contributed by atoms with van der Waals surface area (Å²) in [6.45, 7) is 32.6. The van der Waals surface area contributed by atoms with Crippen molar-refractivity contribution in [3.05, 3.63) is 12.7 Å². The Hall–Kier alpha value is 0.0538. The Balaban J connectivity index is 6.68. The fourth-order valence-electron chi connectivity index (χ4n) is 3.22. The van der Waals surface area contributed by atoms with Gasteiger partial charge in [0.2, 0.25) is 0 Å². The first-order valence-electron chi connectivity index (χ1n) is 11.0. The molecule has 0 aromatic heterocycles. The fourth-order valence-corrected chi connectivity index (χ4v) is 6.29. The quantitative estimate of drug-likeness (QED) is 0.222. The van der Waals surface area contributed by atoms with Crippen LogP contribution in [0.1, 0.15) is 81.6 Å². The minimum atomic E-state index is -2.20. The van der Waals surface area contributed by atoms with E-state index in [4.69, 9.17) is 8.85 Å². The van der Waals surface area contributed by atoms with Gasteiger partial charge in [-0.15, -0.1) is 6.58 Å². The van der Waals surface area contributed by atoms with Gasteiger partial charge in [0.15, 0.2) is 22.4 Å². The van der Waals surface area contributed by atoms with Gasteiger partial charge in [0.25, 0.3) is 0 Å². The number of hydrogen-bond acceptors (Lipinski definition) is 3. The van der Waals surface area contributed by atoms with E-state index in [0.29, 0.717) is 12.8 Å².